The van der Waals surface area contributed by atoms with Gasteiger partial charge in [0.2, 0.25) is 5.91 Å². The van der Waals surface area contributed by atoms with E-state index in [0.717, 1.165) is 48.6 Å². The molecule has 0 bridgehead atoms. The Labute approximate surface area is 195 Å². The summed E-state index contributed by atoms with van der Waals surface area (Å²) in [5.74, 6) is 1.76. The minimum atomic E-state index is 0.0142. The van der Waals surface area contributed by atoms with Crippen LogP contribution < -0.4 is 15.0 Å². The number of nitrogens with one attached hydrogen (secondary N) is 1. The van der Waals surface area contributed by atoms with Gasteiger partial charge in [-0.2, -0.15) is 5.10 Å². The Balaban J connectivity index is 1.25. The summed E-state index contributed by atoms with van der Waals surface area (Å²) in [6.07, 6.45) is 3.91. The van der Waals surface area contributed by atoms with E-state index >= 15 is 0 Å². The second-order valence-corrected chi connectivity index (χ2v) is 8.42. The molecule has 1 saturated heterocycles. The zero-order valence-corrected chi connectivity index (χ0v) is 19.1. The van der Waals surface area contributed by atoms with Gasteiger partial charge in [0, 0.05) is 31.9 Å². The smallest absolute Gasteiger partial charge is 0.234 e. The third kappa shape index (κ3) is 6.52. The van der Waals surface area contributed by atoms with Gasteiger partial charge in [-0.3, -0.25) is 9.69 Å². The van der Waals surface area contributed by atoms with Gasteiger partial charge in [-0.05, 0) is 55.3 Å². The molecule has 1 aliphatic rings. The molecule has 0 saturated carbocycles. The summed E-state index contributed by atoms with van der Waals surface area (Å²) >= 11 is 0. The normalized spacial score (nSPS) is 15.6. The van der Waals surface area contributed by atoms with Crippen molar-refractivity contribution >= 4 is 11.7 Å². The maximum absolute atomic E-state index is 12.6. The lowest BCUT2D eigenvalue weighted by Crippen LogP contribution is -2.43. The molecule has 1 aromatic heterocycles. The lowest BCUT2D eigenvalue weighted by atomic mass is 10.1. The van der Waals surface area contributed by atoms with Crippen LogP contribution in [0.1, 0.15) is 24.0 Å². The molecule has 0 spiro atoms. The van der Waals surface area contributed by atoms with E-state index < -0.39 is 0 Å². The number of ether oxygens (including phenoxy) is 1. The largest absolute Gasteiger partial charge is 0.489 e. The van der Waals surface area contributed by atoms with Gasteiger partial charge in [0.25, 0.3) is 0 Å². The van der Waals surface area contributed by atoms with Crippen molar-refractivity contribution in [1.29, 1.82) is 0 Å². The van der Waals surface area contributed by atoms with Gasteiger partial charge >= 0.3 is 0 Å². The Morgan fingerprint density at radius 1 is 1.09 bits per heavy atom. The molecule has 0 radical (unpaired) electrons. The molecule has 2 heterocycles. The van der Waals surface area contributed by atoms with Gasteiger partial charge in [0.1, 0.15) is 12.4 Å². The van der Waals surface area contributed by atoms with Gasteiger partial charge in [0.05, 0.1) is 6.54 Å². The number of carbonyl (C=O) groups is 1. The first-order chi connectivity index (χ1) is 16.2. The van der Waals surface area contributed by atoms with E-state index in [2.05, 4.69) is 25.3 Å². The van der Waals surface area contributed by atoms with Crippen LogP contribution in [0.2, 0.25) is 0 Å². The van der Waals surface area contributed by atoms with E-state index in [-0.39, 0.29) is 5.91 Å². The maximum atomic E-state index is 12.6. The molecule has 3 aromatic rings. The van der Waals surface area contributed by atoms with Crippen molar-refractivity contribution in [3.05, 3.63) is 84.1 Å². The van der Waals surface area contributed by atoms with Crippen LogP contribution in [0.5, 0.6) is 5.75 Å². The Hall–Kier alpha value is -3.45. The number of likely N-dealkylation sites (N-methyl/N-ethyl adjacent to an activating group) is 1. The average Bonchev–Trinajstić information content (AvgIpc) is 3.31. The molecule has 1 N–H and O–H groups in total. The topological polar surface area (TPSA) is 70.6 Å². The molecule has 1 amide bonds. The Kier molecular flexibility index (Phi) is 7.87. The third-order valence-corrected chi connectivity index (χ3v) is 5.90. The van der Waals surface area contributed by atoms with E-state index in [1.165, 1.54) is 0 Å². The first-order valence-electron chi connectivity index (χ1n) is 11.4. The SMILES string of the molecule is CN(CC(=O)NCc1ccccc1COc1ccccc1)CC1CCCN1c1cccnn1. The maximum Gasteiger partial charge on any atom is 0.234 e. The first kappa shape index (κ1) is 22.7. The Bertz CT molecular complexity index is 1020. The fourth-order valence-corrected chi connectivity index (χ4v) is 4.24. The monoisotopic (exact) mass is 445 g/mol. The predicted octanol–water partition coefficient (Wildman–Crippen LogP) is 3.27. The molecule has 7 nitrogen and oxygen atoms in total. The fraction of sp³-hybridized carbons (Fsp3) is 0.346. The van der Waals surface area contributed by atoms with Crippen LogP contribution in [0.3, 0.4) is 0 Å². The number of hydrogen-bond acceptors (Lipinski definition) is 6. The van der Waals surface area contributed by atoms with Gasteiger partial charge in [0.15, 0.2) is 5.82 Å². The van der Waals surface area contributed by atoms with Crippen molar-refractivity contribution in [3.8, 4) is 5.75 Å². The molecule has 2 aromatic carbocycles. The summed E-state index contributed by atoms with van der Waals surface area (Å²) in [7, 11) is 1.99. The fourth-order valence-electron chi connectivity index (χ4n) is 4.24. The van der Waals surface area contributed by atoms with Gasteiger partial charge in [-0.25, -0.2) is 0 Å². The molecule has 1 fully saturated rings. The summed E-state index contributed by atoms with van der Waals surface area (Å²) in [6.45, 7) is 3.09. The van der Waals surface area contributed by atoms with Crippen LogP contribution >= 0.6 is 0 Å². The predicted molar refractivity (Wildman–Crippen MR) is 129 cm³/mol. The second-order valence-electron chi connectivity index (χ2n) is 8.42. The van der Waals surface area contributed by atoms with Crippen LogP contribution in [0.25, 0.3) is 0 Å². The van der Waals surface area contributed by atoms with Crippen LogP contribution in [0.4, 0.5) is 5.82 Å². The Morgan fingerprint density at radius 3 is 2.67 bits per heavy atom. The molecule has 0 aliphatic carbocycles. The zero-order chi connectivity index (χ0) is 22.9. The Morgan fingerprint density at radius 2 is 1.88 bits per heavy atom. The number of amides is 1. The first-order valence-corrected chi connectivity index (χ1v) is 11.4. The van der Waals surface area contributed by atoms with Crippen molar-refractivity contribution < 1.29 is 9.53 Å². The molecular formula is C26H31N5O2. The number of hydrogen-bond donors (Lipinski definition) is 1. The lowest BCUT2D eigenvalue weighted by Gasteiger charge is -2.29. The summed E-state index contributed by atoms with van der Waals surface area (Å²) < 4.78 is 5.89. The zero-order valence-electron chi connectivity index (χ0n) is 19.1. The van der Waals surface area contributed by atoms with E-state index in [0.29, 0.717) is 25.7 Å². The van der Waals surface area contributed by atoms with E-state index in [9.17, 15) is 4.79 Å². The molecule has 7 heteroatoms. The van der Waals surface area contributed by atoms with Crippen molar-refractivity contribution in [2.45, 2.75) is 32.0 Å². The molecular weight excluding hydrogens is 414 g/mol. The lowest BCUT2D eigenvalue weighted by molar-refractivity contribution is -0.122. The number of rotatable bonds is 10. The minimum Gasteiger partial charge on any atom is -0.489 e. The minimum absolute atomic E-state index is 0.0142. The van der Waals surface area contributed by atoms with E-state index in [4.69, 9.17) is 4.74 Å². The van der Waals surface area contributed by atoms with Crippen molar-refractivity contribution in [2.75, 3.05) is 31.6 Å². The molecule has 1 aliphatic heterocycles. The summed E-state index contributed by atoms with van der Waals surface area (Å²) in [5, 5.41) is 11.3. The standard InChI is InChI=1S/C26H31N5O2/c1-30(18-23-11-8-16-31(23)25-14-7-15-28-29-25)19-26(32)27-17-21-9-5-6-10-22(21)20-33-24-12-3-2-4-13-24/h2-7,9-10,12-15,23H,8,11,16-20H2,1H3,(H,27,32). The highest BCUT2D eigenvalue weighted by molar-refractivity contribution is 5.78. The third-order valence-electron chi connectivity index (χ3n) is 5.90. The summed E-state index contributed by atoms with van der Waals surface area (Å²) in [6, 6.07) is 22.1. The summed E-state index contributed by atoms with van der Waals surface area (Å²) in [5.41, 5.74) is 2.13. The summed E-state index contributed by atoms with van der Waals surface area (Å²) in [4.78, 5) is 17.0. The van der Waals surface area contributed by atoms with E-state index in [1.54, 1.807) is 6.20 Å². The number of anilines is 1. The van der Waals surface area contributed by atoms with Crippen molar-refractivity contribution in [1.82, 2.24) is 20.4 Å². The molecule has 172 valence electrons. The number of aromatic nitrogens is 2. The number of carbonyl (C=O) groups excluding carboxylic acids is 1. The molecule has 1 atom stereocenters. The second kappa shape index (κ2) is 11.4. The highest BCUT2D eigenvalue weighted by atomic mass is 16.5. The van der Waals surface area contributed by atoms with Crippen molar-refractivity contribution in [3.63, 3.8) is 0 Å². The molecule has 1 unspecified atom stereocenters. The highest BCUT2D eigenvalue weighted by Crippen LogP contribution is 2.23. The van der Waals surface area contributed by atoms with Gasteiger partial charge < -0.3 is 15.0 Å². The quantitative estimate of drug-likeness (QED) is 0.517. The van der Waals surface area contributed by atoms with Crippen LogP contribution in [-0.2, 0) is 17.9 Å². The van der Waals surface area contributed by atoms with Gasteiger partial charge in [-0.15, -0.1) is 5.10 Å². The van der Waals surface area contributed by atoms with Crippen LogP contribution in [0.15, 0.2) is 72.9 Å². The van der Waals surface area contributed by atoms with Crippen LogP contribution in [-0.4, -0.2) is 53.7 Å². The molecule has 33 heavy (non-hydrogen) atoms. The molecule has 4 rings (SSSR count). The highest BCUT2D eigenvalue weighted by Gasteiger charge is 2.27. The average molecular weight is 446 g/mol. The van der Waals surface area contributed by atoms with Gasteiger partial charge in [-0.1, -0.05) is 42.5 Å². The number of benzene rings is 2. The van der Waals surface area contributed by atoms with Crippen molar-refractivity contribution in [2.24, 2.45) is 0 Å². The number of para-hydroxylation sites is 1. The van der Waals surface area contributed by atoms with E-state index in [1.807, 2.05) is 73.8 Å². The number of nitrogens with zero attached hydrogens (tertiary/aromatic N) is 4. The van der Waals surface area contributed by atoms with Crippen LogP contribution in [0, 0.1) is 0 Å².